The van der Waals surface area contributed by atoms with Crippen molar-refractivity contribution < 1.29 is 18.8 Å². The first-order valence-corrected chi connectivity index (χ1v) is 35.1. The van der Waals surface area contributed by atoms with E-state index in [2.05, 4.69) is 274 Å². The second-order valence-electron chi connectivity index (χ2n) is 24.2. The molecule has 3 atom stereocenters. The summed E-state index contributed by atoms with van der Waals surface area (Å²) >= 11 is 10.3. The molecular formula is C73H81BBr3F2N17O2. The SMILES string of the molecule is CCC(C)c1cnc2c(Br)nc(Br)cn12.CCC(C)c1cnc2c(NCCc3cn(C)c4ccccc34)nc(-c3cncc(F)c3)cn12.CCC(C)c1cnc2c(NCCc3cn(C)c4ccccc34)nc(Br)cn12.Cn1cc(CCN)c2ccccc21.OB(O)c1cncc(F)c1. The maximum absolute atomic E-state index is 13.9. The summed E-state index contributed by atoms with van der Waals surface area (Å²) in [5.41, 5.74) is 20.7. The molecule has 0 fully saturated rings. The van der Waals surface area contributed by atoms with Crippen molar-refractivity contribution in [3.63, 3.8) is 0 Å². The standard InChI is InChI=1S/C26H27FN6.C21H24BrN5.C11H14N2.C10H11Br2N3.C5H5BFNO2/c1-4-17(2)24-14-30-26-25(31-22(16-33(24)26)19-11-20(27)13-28-12-19)29-10-9-18-15-32(3)23-8-6-5-7-21(18)23;1-4-14(2)18-11-24-21-20(25-19(22)13-27(18)21)23-10-9-15-12-26(3)17-8-6-5-7-16(15)17;1-13-8-9(6-7-12)10-4-2-3-5-11(10)13;1-3-6(2)7-4-13-10-9(12)14-8(11)5-15(7)10;7-5-1-4(6(9)10)2-8-3-5/h5-8,11-17H,4,9-10H2,1-3H3,(H,29,31);5-8,11-14H,4,9-10H2,1-3H3,(H,23,25);2-5,8H,6-7,12H2,1H3;4-6H,3H2,1-2H3;1-3,9-10H. The molecule has 0 radical (unpaired) electrons. The van der Waals surface area contributed by atoms with Crippen molar-refractivity contribution in [1.29, 1.82) is 0 Å². The number of halogens is 5. The number of imidazole rings is 3. The van der Waals surface area contributed by atoms with Gasteiger partial charge in [0.15, 0.2) is 33.2 Å². The highest BCUT2D eigenvalue weighted by molar-refractivity contribution is 9.11. The van der Waals surface area contributed by atoms with E-state index in [0.29, 0.717) is 47.9 Å². The van der Waals surface area contributed by atoms with Gasteiger partial charge in [0.1, 0.15) is 20.8 Å². The predicted molar refractivity (Wildman–Crippen MR) is 401 cm³/mol. The molecule has 98 heavy (non-hydrogen) atoms. The van der Waals surface area contributed by atoms with Crippen molar-refractivity contribution in [2.75, 3.05) is 30.3 Å². The third kappa shape index (κ3) is 16.9. The molecule has 11 heterocycles. The van der Waals surface area contributed by atoms with Gasteiger partial charge in [0.25, 0.3) is 0 Å². The lowest BCUT2D eigenvalue weighted by molar-refractivity contribution is 0.425. The largest absolute Gasteiger partial charge is 0.490 e. The first-order valence-electron chi connectivity index (χ1n) is 32.7. The Hall–Kier alpha value is -8.72. The van der Waals surface area contributed by atoms with E-state index in [0.717, 1.165) is 99.6 Å². The number of rotatable bonds is 18. The fraction of sp³-hybridized carbons (Fsp3) is 0.288. The Morgan fingerprint density at radius 3 is 1.35 bits per heavy atom. The van der Waals surface area contributed by atoms with E-state index in [1.807, 2.05) is 37.2 Å². The van der Waals surface area contributed by atoms with Crippen LogP contribution in [0.3, 0.4) is 0 Å². The Labute approximate surface area is 594 Å². The highest BCUT2D eigenvalue weighted by Crippen LogP contribution is 2.31. The van der Waals surface area contributed by atoms with E-state index in [-0.39, 0.29) is 11.3 Å². The first-order chi connectivity index (χ1) is 47.3. The van der Waals surface area contributed by atoms with E-state index in [1.165, 1.54) is 79.2 Å². The highest BCUT2D eigenvalue weighted by Gasteiger charge is 2.19. The zero-order chi connectivity index (χ0) is 69.7. The zero-order valence-corrected chi connectivity index (χ0v) is 61.1. The lowest BCUT2D eigenvalue weighted by Gasteiger charge is -2.13. The quantitative estimate of drug-likeness (QED) is 0.0505. The van der Waals surface area contributed by atoms with Gasteiger partial charge in [-0.05, 0) is 158 Å². The third-order valence-electron chi connectivity index (χ3n) is 17.6. The third-order valence-corrected chi connectivity index (χ3v) is 18.9. The van der Waals surface area contributed by atoms with Gasteiger partial charge in [0.2, 0.25) is 0 Å². The van der Waals surface area contributed by atoms with Gasteiger partial charge in [0.05, 0.1) is 18.1 Å². The summed E-state index contributed by atoms with van der Waals surface area (Å²) in [6.07, 6.45) is 29.2. The number of nitrogens with one attached hydrogen (secondary N) is 2. The lowest BCUT2D eigenvalue weighted by atomic mass is 9.82. The van der Waals surface area contributed by atoms with Gasteiger partial charge in [-0.3, -0.25) is 23.2 Å². The summed E-state index contributed by atoms with van der Waals surface area (Å²) in [5.74, 6) is 1.84. The Morgan fingerprint density at radius 1 is 0.500 bits per heavy atom. The summed E-state index contributed by atoms with van der Waals surface area (Å²) < 4.78 is 41.3. The van der Waals surface area contributed by atoms with Gasteiger partial charge in [-0.25, -0.2) is 38.7 Å². The monoisotopic (exact) mass is 1510 g/mol. The van der Waals surface area contributed by atoms with E-state index in [1.54, 1.807) is 6.20 Å². The van der Waals surface area contributed by atoms with Gasteiger partial charge >= 0.3 is 7.12 Å². The van der Waals surface area contributed by atoms with Crippen LogP contribution >= 0.6 is 47.8 Å². The fourth-order valence-electron chi connectivity index (χ4n) is 11.8. The number of benzene rings is 3. The molecule has 3 unspecified atom stereocenters. The minimum absolute atomic E-state index is 0.0556. The number of aromatic nitrogens is 14. The summed E-state index contributed by atoms with van der Waals surface area (Å²) in [6.45, 7) is 15.4. The van der Waals surface area contributed by atoms with Crippen LogP contribution < -0.4 is 21.8 Å². The Balaban J connectivity index is 0.000000142. The molecule has 0 aliphatic rings. The maximum Gasteiger partial charge on any atom is 0.490 e. The summed E-state index contributed by atoms with van der Waals surface area (Å²) in [7, 11) is 4.59. The van der Waals surface area contributed by atoms with Crippen LogP contribution in [-0.4, -0.2) is 104 Å². The summed E-state index contributed by atoms with van der Waals surface area (Å²) in [5, 5.41) is 27.9. The number of aryl methyl sites for hydroxylation is 3. The lowest BCUT2D eigenvalue weighted by Crippen LogP contribution is -2.30. The van der Waals surface area contributed by atoms with Crippen molar-refractivity contribution in [2.24, 2.45) is 26.9 Å². The van der Waals surface area contributed by atoms with Crippen LogP contribution in [0.2, 0.25) is 0 Å². The van der Waals surface area contributed by atoms with Crippen LogP contribution in [0.1, 0.15) is 112 Å². The molecule has 0 aliphatic heterocycles. The van der Waals surface area contributed by atoms with Crippen LogP contribution in [0.25, 0.3) is 60.9 Å². The highest BCUT2D eigenvalue weighted by atomic mass is 79.9. The molecule has 0 spiro atoms. The zero-order valence-electron chi connectivity index (χ0n) is 56.4. The Morgan fingerprint density at radius 2 is 0.908 bits per heavy atom. The Kier molecular flexibility index (Phi) is 24.4. The van der Waals surface area contributed by atoms with Crippen molar-refractivity contribution in [2.45, 2.75) is 97.8 Å². The average molecular weight is 1520 g/mol. The molecule has 14 aromatic rings. The molecule has 19 nitrogen and oxygen atoms in total. The molecular weight excluding hydrogens is 1440 g/mol. The number of pyridine rings is 2. The number of nitrogens with two attached hydrogens (primary N) is 1. The van der Waals surface area contributed by atoms with Crippen molar-refractivity contribution in [3.05, 3.63) is 225 Å². The van der Waals surface area contributed by atoms with Crippen molar-refractivity contribution in [1.82, 2.24) is 66.8 Å². The molecule has 11 aromatic heterocycles. The van der Waals surface area contributed by atoms with Crippen LogP contribution in [0.15, 0.2) is 179 Å². The number of para-hydroxylation sites is 3. The van der Waals surface area contributed by atoms with Gasteiger partial charge in [-0.1, -0.05) is 96.1 Å². The minimum Gasteiger partial charge on any atom is -0.423 e. The average Bonchev–Trinajstić information content (AvgIpc) is 1.55. The smallest absolute Gasteiger partial charge is 0.423 e. The molecule has 0 amide bonds. The van der Waals surface area contributed by atoms with Crippen LogP contribution in [0.5, 0.6) is 0 Å². The predicted octanol–water partition coefficient (Wildman–Crippen LogP) is 15.1. The topological polar surface area (TPSA) is 222 Å². The number of anilines is 2. The van der Waals surface area contributed by atoms with Gasteiger partial charge in [0, 0.05) is 163 Å². The summed E-state index contributed by atoms with van der Waals surface area (Å²) in [4.78, 5) is 34.7. The number of hydrogen-bond donors (Lipinski definition) is 5. The molecule has 508 valence electrons. The number of nitrogens with zero attached hydrogens (tertiary/aromatic N) is 14. The number of fused-ring (bicyclic) bond motifs is 6. The van der Waals surface area contributed by atoms with Crippen LogP contribution in [0, 0.1) is 11.6 Å². The van der Waals surface area contributed by atoms with E-state index >= 15 is 0 Å². The molecule has 0 bridgehead atoms. The van der Waals surface area contributed by atoms with E-state index in [4.69, 9.17) is 20.8 Å². The van der Waals surface area contributed by atoms with Gasteiger partial charge < -0.3 is 40.1 Å². The molecule has 3 aromatic carbocycles. The Bertz CT molecular complexity index is 5010. The van der Waals surface area contributed by atoms with Gasteiger partial charge in [-0.2, -0.15) is 0 Å². The fourth-order valence-corrected chi connectivity index (χ4v) is 13.3. The minimum atomic E-state index is -1.65. The first kappa shape index (κ1) is 72.0. The van der Waals surface area contributed by atoms with Gasteiger partial charge in [-0.15, -0.1) is 0 Å². The van der Waals surface area contributed by atoms with E-state index < -0.39 is 12.9 Å². The van der Waals surface area contributed by atoms with E-state index in [9.17, 15) is 8.78 Å². The van der Waals surface area contributed by atoms with Crippen LogP contribution in [-0.2, 0) is 40.4 Å². The normalized spacial score (nSPS) is 12.2. The maximum atomic E-state index is 13.9. The molecule has 6 N–H and O–H groups in total. The van der Waals surface area contributed by atoms with Crippen molar-refractivity contribution >= 4 is 122 Å². The molecule has 14 rings (SSSR count). The molecule has 0 saturated heterocycles. The summed E-state index contributed by atoms with van der Waals surface area (Å²) in [6, 6.07) is 27.8. The second-order valence-corrected chi connectivity index (χ2v) is 26.6. The second kappa shape index (κ2) is 33.2. The van der Waals surface area contributed by atoms with Crippen molar-refractivity contribution in [3.8, 4) is 11.3 Å². The molecule has 0 saturated carbocycles. The molecule has 25 heteroatoms. The molecule has 0 aliphatic carbocycles. The van der Waals surface area contributed by atoms with Crippen LogP contribution in [0.4, 0.5) is 20.4 Å². The number of hydrogen-bond acceptors (Lipinski definition) is 13.